The standard InChI is InChI=1S/C12H14O2/c13-12(14)11-8-4-2-6-9-5-1-3-7-10(9)11/h2,4,6,8,11H,1,3,5,7H2,(H,13,14). The molecule has 0 aromatic carbocycles. The number of allylic oxidation sites excluding steroid dienone is 4. The molecule has 2 aliphatic carbocycles. The summed E-state index contributed by atoms with van der Waals surface area (Å²) in [7, 11) is 0. The van der Waals surface area contributed by atoms with Crippen LogP contribution in [-0.2, 0) is 4.79 Å². The third-order valence-corrected chi connectivity index (χ3v) is 2.91. The summed E-state index contributed by atoms with van der Waals surface area (Å²) in [4.78, 5) is 11.0. The van der Waals surface area contributed by atoms with Crippen molar-refractivity contribution in [1.29, 1.82) is 0 Å². The smallest absolute Gasteiger partial charge is 0.314 e. The molecule has 0 spiro atoms. The van der Waals surface area contributed by atoms with E-state index in [0.717, 1.165) is 24.8 Å². The molecule has 1 unspecified atom stereocenters. The summed E-state index contributed by atoms with van der Waals surface area (Å²) in [6.45, 7) is 0. The number of hydrogen-bond acceptors (Lipinski definition) is 1. The predicted octanol–water partition coefficient (Wildman–Crippen LogP) is 2.68. The highest BCUT2D eigenvalue weighted by atomic mass is 16.4. The first-order chi connectivity index (χ1) is 6.79. The lowest BCUT2D eigenvalue weighted by Crippen LogP contribution is -2.16. The van der Waals surface area contributed by atoms with Gasteiger partial charge in [0.2, 0.25) is 0 Å². The minimum absolute atomic E-state index is 0.389. The first-order valence-electron chi connectivity index (χ1n) is 5.08. The first kappa shape index (κ1) is 9.25. The molecule has 0 saturated carbocycles. The second-order valence-corrected chi connectivity index (χ2v) is 3.82. The highest BCUT2D eigenvalue weighted by Gasteiger charge is 2.24. The van der Waals surface area contributed by atoms with Gasteiger partial charge in [-0.1, -0.05) is 24.3 Å². The maximum atomic E-state index is 11.0. The molecule has 0 heterocycles. The van der Waals surface area contributed by atoms with E-state index in [-0.39, 0.29) is 5.92 Å². The molecule has 0 aromatic rings. The zero-order valence-corrected chi connectivity index (χ0v) is 8.07. The van der Waals surface area contributed by atoms with Gasteiger partial charge in [0.25, 0.3) is 0 Å². The summed E-state index contributed by atoms with van der Waals surface area (Å²) in [6, 6.07) is 0. The largest absolute Gasteiger partial charge is 0.481 e. The SMILES string of the molecule is O=C(O)C1C=CC=CC2=C1CCCC2. The van der Waals surface area contributed by atoms with Crippen molar-refractivity contribution >= 4 is 5.97 Å². The van der Waals surface area contributed by atoms with E-state index in [1.54, 1.807) is 6.08 Å². The van der Waals surface area contributed by atoms with Gasteiger partial charge in [0.1, 0.15) is 0 Å². The average molecular weight is 190 g/mol. The number of aliphatic carboxylic acids is 1. The third kappa shape index (κ3) is 1.65. The van der Waals surface area contributed by atoms with Crippen LogP contribution in [0.5, 0.6) is 0 Å². The van der Waals surface area contributed by atoms with Crippen molar-refractivity contribution in [1.82, 2.24) is 0 Å². The number of carboxylic acids is 1. The van der Waals surface area contributed by atoms with E-state index in [9.17, 15) is 4.79 Å². The van der Waals surface area contributed by atoms with Crippen molar-refractivity contribution in [2.75, 3.05) is 0 Å². The normalized spacial score (nSPS) is 25.9. The number of hydrogen-bond donors (Lipinski definition) is 1. The second kappa shape index (κ2) is 3.82. The predicted molar refractivity (Wildman–Crippen MR) is 54.9 cm³/mol. The van der Waals surface area contributed by atoms with Gasteiger partial charge in [-0.05, 0) is 36.8 Å². The van der Waals surface area contributed by atoms with Gasteiger partial charge in [-0.25, -0.2) is 0 Å². The van der Waals surface area contributed by atoms with E-state index in [0.29, 0.717) is 0 Å². The van der Waals surface area contributed by atoms with Crippen molar-refractivity contribution in [2.45, 2.75) is 25.7 Å². The van der Waals surface area contributed by atoms with Gasteiger partial charge in [-0.15, -0.1) is 0 Å². The molecule has 2 nitrogen and oxygen atoms in total. The molecule has 0 fully saturated rings. The highest BCUT2D eigenvalue weighted by molar-refractivity contribution is 5.77. The van der Waals surface area contributed by atoms with Crippen LogP contribution in [0.15, 0.2) is 35.5 Å². The van der Waals surface area contributed by atoms with E-state index < -0.39 is 5.97 Å². The fourth-order valence-corrected chi connectivity index (χ4v) is 2.19. The molecule has 0 aliphatic heterocycles. The lowest BCUT2D eigenvalue weighted by molar-refractivity contribution is -0.139. The van der Waals surface area contributed by atoms with Crippen molar-refractivity contribution < 1.29 is 9.90 Å². The number of carboxylic acid groups (broad SMARTS) is 1. The number of rotatable bonds is 1. The van der Waals surface area contributed by atoms with Crippen LogP contribution < -0.4 is 0 Å². The molecule has 0 aromatic heterocycles. The van der Waals surface area contributed by atoms with Crippen molar-refractivity contribution in [3.63, 3.8) is 0 Å². The van der Waals surface area contributed by atoms with E-state index in [4.69, 9.17) is 5.11 Å². The lowest BCUT2D eigenvalue weighted by atomic mass is 9.84. The van der Waals surface area contributed by atoms with Crippen LogP contribution in [0.1, 0.15) is 25.7 Å². The van der Waals surface area contributed by atoms with Gasteiger partial charge in [-0.3, -0.25) is 4.79 Å². The fourth-order valence-electron chi connectivity index (χ4n) is 2.19. The number of carbonyl (C=O) groups is 1. The molecule has 2 heteroatoms. The molecule has 2 rings (SSSR count). The lowest BCUT2D eigenvalue weighted by Gasteiger charge is -2.20. The molecule has 2 aliphatic rings. The molecular formula is C12H14O2. The molecule has 14 heavy (non-hydrogen) atoms. The highest BCUT2D eigenvalue weighted by Crippen LogP contribution is 2.33. The monoisotopic (exact) mass is 190 g/mol. The molecular weight excluding hydrogens is 176 g/mol. The molecule has 0 bridgehead atoms. The Balaban J connectivity index is 2.38. The summed E-state index contributed by atoms with van der Waals surface area (Å²) in [5, 5.41) is 9.09. The zero-order valence-electron chi connectivity index (χ0n) is 8.07. The van der Waals surface area contributed by atoms with E-state index >= 15 is 0 Å². The Kier molecular flexibility index (Phi) is 2.53. The Morgan fingerprint density at radius 3 is 2.86 bits per heavy atom. The molecule has 1 atom stereocenters. The van der Waals surface area contributed by atoms with Crippen LogP contribution >= 0.6 is 0 Å². The Labute approximate surface area is 83.6 Å². The third-order valence-electron chi connectivity index (χ3n) is 2.91. The van der Waals surface area contributed by atoms with E-state index in [1.165, 1.54) is 12.0 Å². The van der Waals surface area contributed by atoms with Crippen LogP contribution in [0.2, 0.25) is 0 Å². The summed E-state index contributed by atoms with van der Waals surface area (Å²) >= 11 is 0. The first-order valence-corrected chi connectivity index (χ1v) is 5.08. The van der Waals surface area contributed by atoms with Crippen molar-refractivity contribution in [3.8, 4) is 0 Å². The van der Waals surface area contributed by atoms with Gasteiger partial charge in [0.15, 0.2) is 0 Å². The Morgan fingerprint density at radius 1 is 1.29 bits per heavy atom. The summed E-state index contributed by atoms with van der Waals surface area (Å²) < 4.78 is 0. The second-order valence-electron chi connectivity index (χ2n) is 3.82. The Hall–Kier alpha value is -1.31. The van der Waals surface area contributed by atoms with Crippen LogP contribution in [0, 0.1) is 5.92 Å². The fraction of sp³-hybridized carbons (Fsp3) is 0.417. The van der Waals surface area contributed by atoms with Crippen LogP contribution in [0.4, 0.5) is 0 Å². The van der Waals surface area contributed by atoms with Crippen LogP contribution in [0.25, 0.3) is 0 Å². The quantitative estimate of drug-likeness (QED) is 0.690. The van der Waals surface area contributed by atoms with Gasteiger partial charge >= 0.3 is 5.97 Å². The molecule has 0 amide bonds. The maximum Gasteiger partial charge on any atom is 0.314 e. The van der Waals surface area contributed by atoms with E-state index in [1.807, 2.05) is 12.2 Å². The van der Waals surface area contributed by atoms with Crippen LogP contribution in [-0.4, -0.2) is 11.1 Å². The van der Waals surface area contributed by atoms with Gasteiger partial charge in [0, 0.05) is 0 Å². The molecule has 0 radical (unpaired) electrons. The average Bonchev–Trinajstić information content (AvgIpc) is 2.39. The summed E-state index contributed by atoms with van der Waals surface area (Å²) in [5.41, 5.74) is 2.36. The van der Waals surface area contributed by atoms with Crippen LogP contribution in [0.3, 0.4) is 0 Å². The van der Waals surface area contributed by atoms with Gasteiger partial charge in [0.05, 0.1) is 5.92 Å². The minimum atomic E-state index is -0.723. The molecule has 1 N–H and O–H groups in total. The Morgan fingerprint density at radius 2 is 2.07 bits per heavy atom. The maximum absolute atomic E-state index is 11.0. The Bertz CT molecular complexity index is 334. The minimum Gasteiger partial charge on any atom is -0.481 e. The van der Waals surface area contributed by atoms with Crippen molar-refractivity contribution in [2.24, 2.45) is 5.92 Å². The molecule has 74 valence electrons. The van der Waals surface area contributed by atoms with Gasteiger partial charge < -0.3 is 5.11 Å². The molecule has 0 saturated heterocycles. The summed E-state index contributed by atoms with van der Waals surface area (Å²) in [6.07, 6.45) is 11.9. The van der Waals surface area contributed by atoms with E-state index in [2.05, 4.69) is 6.08 Å². The van der Waals surface area contributed by atoms with Gasteiger partial charge in [-0.2, -0.15) is 0 Å². The summed E-state index contributed by atoms with van der Waals surface area (Å²) in [5.74, 6) is -1.11. The topological polar surface area (TPSA) is 37.3 Å². The zero-order chi connectivity index (χ0) is 9.97. The van der Waals surface area contributed by atoms with Crippen molar-refractivity contribution in [3.05, 3.63) is 35.5 Å².